The molecule has 194 valence electrons. The molecule has 1 aromatic heterocycles. The number of benzene rings is 2. The number of carbonyl (C=O) groups excluding carboxylic acids is 1. The van der Waals surface area contributed by atoms with Gasteiger partial charge in [0.25, 0.3) is 11.2 Å². The topological polar surface area (TPSA) is 120 Å². The predicted molar refractivity (Wildman–Crippen MR) is 139 cm³/mol. The second-order valence-corrected chi connectivity index (χ2v) is 8.90. The van der Waals surface area contributed by atoms with E-state index < -0.39 is 4.92 Å². The van der Waals surface area contributed by atoms with Crippen LogP contribution in [-0.2, 0) is 14.1 Å². The maximum atomic E-state index is 13.0. The normalized spacial score (nSPS) is 13.9. The van der Waals surface area contributed by atoms with Crippen molar-refractivity contribution < 1.29 is 14.5 Å². The lowest BCUT2D eigenvalue weighted by Crippen LogP contribution is -2.49. The van der Waals surface area contributed by atoms with Crippen molar-refractivity contribution >= 4 is 17.3 Å². The average molecular weight is 508 g/mol. The summed E-state index contributed by atoms with van der Waals surface area (Å²) in [7, 11) is 3.13. The molecule has 0 bridgehead atoms. The maximum absolute atomic E-state index is 13.0. The minimum absolute atomic E-state index is 0.161. The molecule has 0 spiro atoms. The Bertz CT molecular complexity index is 1410. The van der Waals surface area contributed by atoms with Gasteiger partial charge in [-0.2, -0.15) is 0 Å². The molecule has 1 fully saturated rings. The van der Waals surface area contributed by atoms with E-state index in [1.165, 1.54) is 35.9 Å². The summed E-state index contributed by atoms with van der Waals surface area (Å²) in [4.78, 5) is 52.3. The molecule has 2 aromatic carbocycles. The van der Waals surface area contributed by atoms with Gasteiger partial charge in [0.1, 0.15) is 11.6 Å². The largest absolute Gasteiger partial charge is 0.493 e. The van der Waals surface area contributed by atoms with E-state index in [2.05, 4.69) is 4.90 Å². The summed E-state index contributed by atoms with van der Waals surface area (Å²) >= 11 is 0. The summed E-state index contributed by atoms with van der Waals surface area (Å²) in [6.45, 7) is 3.99. The monoisotopic (exact) mass is 507 g/mol. The van der Waals surface area contributed by atoms with Crippen molar-refractivity contribution in [2.75, 3.05) is 44.2 Å². The highest BCUT2D eigenvalue weighted by Crippen LogP contribution is 2.27. The van der Waals surface area contributed by atoms with Crippen molar-refractivity contribution in [3.8, 4) is 5.75 Å². The first kappa shape index (κ1) is 25.8. The minimum Gasteiger partial charge on any atom is -0.493 e. The highest BCUT2D eigenvalue weighted by Gasteiger charge is 2.21. The Kier molecular flexibility index (Phi) is 7.83. The van der Waals surface area contributed by atoms with Crippen LogP contribution in [0.5, 0.6) is 5.75 Å². The summed E-state index contributed by atoms with van der Waals surface area (Å²) in [5.41, 5.74) is -0.251. The molecule has 3 aromatic rings. The van der Waals surface area contributed by atoms with Crippen LogP contribution in [0.4, 0.5) is 11.5 Å². The van der Waals surface area contributed by atoms with E-state index in [9.17, 15) is 24.5 Å². The van der Waals surface area contributed by atoms with Crippen LogP contribution in [0.1, 0.15) is 22.3 Å². The van der Waals surface area contributed by atoms with Crippen LogP contribution in [0.25, 0.3) is 0 Å². The highest BCUT2D eigenvalue weighted by molar-refractivity contribution is 6.11. The lowest BCUT2D eigenvalue weighted by atomic mass is 10.0. The van der Waals surface area contributed by atoms with E-state index in [0.29, 0.717) is 43.2 Å². The Balaban J connectivity index is 1.34. The zero-order valence-electron chi connectivity index (χ0n) is 20.8. The maximum Gasteiger partial charge on any atom is 0.332 e. The number of non-ortho nitro benzene ring substituents is 1. The number of piperazine rings is 1. The van der Waals surface area contributed by atoms with Gasteiger partial charge in [0.2, 0.25) is 0 Å². The van der Waals surface area contributed by atoms with Gasteiger partial charge in [-0.3, -0.25) is 33.7 Å². The average Bonchev–Trinajstić information content (AvgIpc) is 2.92. The number of nitro groups is 1. The van der Waals surface area contributed by atoms with E-state index in [1.54, 1.807) is 37.4 Å². The molecule has 11 nitrogen and oxygen atoms in total. The first-order valence-electron chi connectivity index (χ1n) is 12.0. The molecule has 4 rings (SSSR count). The van der Waals surface area contributed by atoms with Gasteiger partial charge in [0.05, 0.1) is 17.1 Å². The number of carbonyl (C=O) groups is 1. The summed E-state index contributed by atoms with van der Waals surface area (Å²) < 4.78 is 8.47. The van der Waals surface area contributed by atoms with Crippen molar-refractivity contribution in [1.82, 2.24) is 14.0 Å². The van der Waals surface area contributed by atoms with E-state index in [-0.39, 0.29) is 28.3 Å². The van der Waals surface area contributed by atoms with Gasteiger partial charge in [0.15, 0.2) is 5.78 Å². The molecule has 0 amide bonds. The predicted octanol–water partition coefficient (Wildman–Crippen LogP) is 1.81. The first-order valence-corrected chi connectivity index (χ1v) is 12.0. The quantitative estimate of drug-likeness (QED) is 0.186. The number of rotatable bonds is 9. The van der Waals surface area contributed by atoms with Crippen LogP contribution in [0.2, 0.25) is 0 Å². The molecular formula is C26H29N5O6. The molecule has 0 N–H and O–H groups in total. The minimum atomic E-state index is -0.531. The zero-order valence-corrected chi connectivity index (χ0v) is 20.8. The standard InChI is InChI=1S/C26H29N5O6/c1-27-23(18-24(32)28(2)26(27)34)30-14-12-29(13-15-30)11-6-16-37-22-10-9-20(31(35)36)17-21(22)25(33)19-7-4-3-5-8-19/h3-5,7-10,17-18H,6,11-16H2,1-2H3. The fourth-order valence-electron chi connectivity index (χ4n) is 4.38. The van der Waals surface area contributed by atoms with Crippen LogP contribution in [0.15, 0.2) is 64.2 Å². The number of anilines is 1. The Hall–Kier alpha value is -4.25. The summed E-state index contributed by atoms with van der Waals surface area (Å²) in [6, 6.07) is 14.2. The molecule has 1 aliphatic rings. The third kappa shape index (κ3) is 5.78. The Morgan fingerprint density at radius 3 is 2.35 bits per heavy atom. The SMILES string of the molecule is Cn1c(N2CCN(CCCOc3ccc([N+](=O)[O-])cc3C(=O)c3ccccc3)CC2)cc(=O)n(C)c1=O. The summed E-state index contributed by atoms with van der Waals surface area (Å²) in [5, 5.41) is 11.3. The van der Waals surface area contributed by atoms with Gasteiger partial charge in [-0.1, -0.05) is 30.3 Å². The molecule has 11 heteroatoms. The zero-order chi connectivity index (χ0) is 26.5. The molecule has 1 saturated heterocycles. The van der Waals surface area contributed by atoms with E-state index in [0.717, 1.165) is 24.2 Å². The Morgan fingerprint density at radius 2 is 1.68 bits per heavy atom. The smallest absolute Gasteiger partial charge is 0.332 e. The van der Waals surface area contributed by atoms with Crippen molar-refractivity contribution in [2.45, 2.75) is 6.42 Å². The van der Waals surface area contributed by atoms with E-state index >= 15 is 0 Å². The molecule has 0 radical (unpaired) electrons. The van der Waals surface area contributed by atoms with Gasteiger partial charge < -0.3 is 9.64 Å². The van der Waals surface area contributed by atoms with E-state index in [1.807, 2.05) is 4.90 Å². The number of aromatic nitrogens is 2. The van der Waals surface area contributed by atoms with E-state index in [4.69, 9.17) is 4.74 Å². The molecule has 0 unspecified atom stereocenters. The van der Waals surface area contributed by atoms with Crippen molar-refractivity contribution in [3.05, 3.63) is 96.7 Å². The second-order valence-electron chi connectivity index (χ2n) is 8.90. The number of ketones is 1. The van der Waals surface area contributed by atoms with Gasteiger partial charge >= 0.3 is 5.69 Å². The molecule has 1 aliphatic heterocycles. The summed E-state index contributed by atoms with van der Waals surface area (Å²) in [6.07, 6.45) is 0.695. The van der Waals surface area contributed by atoms with Gasteiger partial charge in [0, 0.05) is 70.6 Å². The van der Waals surface area contributed by atoms with Gasteiger partial charge in [-0.25, -0.2) is 4.79 Å². The number of nitrogens with zero attached hydrogens (tertiary/aromatic N) is 5. The van der Waals surface area contributed by atoms with Crippen LogP contribution < -0.4 is 20.9 Å². The van der Waals surface area contributed by atoms with Gasteiger partial charge in [-0.15, -0.1) is 0 Å². The third-order valence-corrected chi connectivity index (χ3v) is 6.53. The number of hydrogen-bond acceptors (Lipinski definition) is 8. The lowest BCUT2D eigenvalue weighted by Gasteiger charge is -2.36. The molecule has 0 atom stereocenters. The molecular weight excluding hydrogens is 478 g/mol. The molecule has 37 heavy (non-hydrogen) atoms. The van der Waals surface area contributed by atoms with Crippen LogP contribution >= 0.6 is 0 Å². The fraction of sp³-hybridized carbons (Fsp3) is 0.346. The lowest BCUT2D eigenvalue weighted by molar-refractivity contribution is -0.384. The summed E-state index contributed by atoms with van der Waals surface area (Å²) in [5.74, 6) is 0.598. The first-order chi connectivity index (χ1) is 17.8. The van der Waals surface area contributed by atoms with Crippen LogP contribution in [0, 0.1) is 10.1 Å². The number of nitro benzene ring substituents is 1. The molecule has 0 saturated carbocycles. The van der Waals surface area contributed by atoms with Crippen LogP contribution in [0.3, 0.4) is 0 Å². The molecule has 0 aliphatic carbocycles. The highest BCUT2D eigenvalue weighted by atomic mass is 16.6. The third-order valence-electron chi connectivity index (χ3n) is 6.53. The van der Waals surface area contributed by atoms with Crippen LogP contribution in [-0.4, -0.2) is 64.1 Å². The Labute approximate surface area is 213 Å². The van der Waals surface area contributed by atoms with Crippen molar-refractivity contribution in [1.29, 1.82) is 0 Å². The number of hydrogen-bond donors (Lipinski definition) is 0. The fourth-order valence-corrected chi connectivity index (χ4v) is 4.38. The Morgan fingerprint density at radius 1 is 0.973 bits per heavy atom. The molecule has 2 heterocycles. The van der Waals surface area contributed by atoms with Crippen molar-refractivity contribution in [3.63, 3.8) is 0 Å². The second kappa shape index (κ2) is 11.2. The van der Waals surface area contributed by atoms with Gasteiger partial charge in [-0.05, 0) is 12.5 Å². The number of ether oxygens (including phenoxy) is 1. The van der Waals surface area contributed by atoms with Crippen molar-refractivity contribution in [2.24, 2.45) is 14.1 Å².